The number of rotatable bonds is 2. The number of nitrogens with two attached hydrogens (primary N) is 1. The summed E-state index contributed by atoms with van der Waals surface area (Å²) in [6.45, 7) is 1.47. The summed E-state index contributed by atoms with van der Waals surface area (Å²) < 4.78 is 5.38. The Hall–Kier alpha value is -2.03. The fourth-order valence-corrected chi connectivity index (χ4v) is 1.37. The van der Waals surface area contributed by atoms with Gasteiger partial charge in [0.05, 0.1) is 0 Å². The van der Waals surface area contributed by atoms with Crippen LogP contribution in [-0.4, -0.2) is 5.78 Å². The van der Waals surface area contributed by atoms with E-state index in [4.69, 9.17) is 10.2 Å². The maximum Gasteiger partial charge on any atom is 0.194 e. The molecule has 0 unspecified atom stereocenters. The van der Waals surface area contributed by atoms with Gasteiger partial charge in [-0.3, -0.25) is 4.79 Å². The lowest BCUT2D eigenvalue weighted by Gasteiger charge is -1.97. The number of benzene rings is 1. The zero-order valence-corrected chi connectivity index (χ0v) is 8.36. The van der Waals surface area contributed by atoms with Crippen LogP contribution in [0.15, 0.2) is 40.8 Å². The van der Waals surface area contributed by atoms with Crippen LogP contribution in [0.4, 0.5) is 5.69 Å². The number of furan rings is 1. The van der Waals surface area contributed by atoms with Crippen molar-refractivity contribution in [2.45, 2.75) is 6.92 Å². The second-order valence-electron chi connectivity index (χ2n) is 3.35. The molecule has 0 atom stereocenters. The summed E-state index contributed by atoms with van der Waals surface area (Å²) in [7, 11) is 0. The van der Waals surface area contributed by atoms with Crippen molar-refractivity contribution in [2.24, 2.45) is 0 Å². The molecule has 0 spiro atoms. The highest BCUT2D eigenvalue weighted by Gasteiger charge is 2.07. The first-order valence-electron chi connectivity index (χ1n) is 4.63. The molecule has 2 N–H and O–H groups in total. The summed E-state index contributed by atoms with van der Waals surface area (Å²) in [6, 6.07) is 10.8. The second kappa shape index (κ2) is 3.61. The number of Topliss-reactive ketones (excluding diaryl/α,β-unsaturated/α-hetero) is 1. The van der Waals surface area contributed by atoms with E-state index in [2.05, 4.69) is 0 Å². The van der Waals surface area contributed by atoms with Gasteiger partial charge in [-0.05, 0) is 24.3 Å². The summed E-state index contributed by atoms with van der Waals surface area (Å²) in [4.78, 5) is 11.0. The van der Waals surface area contributed by atoms with E-state index >= 15 is 0 Å². The third kappa shape index (κ3) is 1.91. The molecule has 0 bridgehead atoms. The summed E-state index contributed by atoms with van der Waals surface area (Å²) in [5.74, 6) is 0.949. The minimum atomic E-state index is -0.0786. The number of hydrogen-bond donors (Lipinski definition) is 1. The molecule has 0 fully saturated rings. The van der Waals surface area contributed by atoms with Gasteiger partial charge in [-0.15, -0.1) is 0 Å². The van der Waals surface area contributed by atoms with Gasteiger partial charge in [-0.25, -0.2) is 0 Å². The maximum absolute atomic E-state index is 11.0. The van der Waals surface area contributed by atoms with E-state index in [1.165, 1.54) is 6.92 Å². The Morgan fingerprint density at radius 2 is 2.07 bits per heavy atom. The van der Waals surface area contributed by atoms with Gasteiger partial charge in [0.1, 0.15) is 5.76 Å². The molecule has 3 nitrogen and oxygen atoms in total. The van der Waals surface area contributed by atoms with E-state index in [1.54, 1.807) is 18.2 Å². The van der Waals surface area contributed by atoms with Crippen LogP contribution in [0.25, 0.3) is 11.3 Å². The Bertz CT molecular complexity index is 500. The van der Waals surface area contributed by atoms with Crippen LogP contribution in [0.1, 0.15) is 17.5 Å². The third-order valence-electron chi connectivity index (χ3n) is 2.12. The lowest BCUT2D eigenvalue weighted by atomic mass is 10.1. The standard InChI is InChI=1S/C12H11NO2/c1-8(14)11-5-6-12(15-11)9-3-2-4-10(13)7-9/h2-7H,13H2,1H3. The van der Waals surface area contributed by atoms with Crippen molar-refractivity contribution in [3.05, 3.63) is 42.2 Å². The van der Waals surface area contributed by atoms with Crippen LogP contribution in [0.3, 0.4) is 0 Å². The lowest BCUT2D eigenvalue weighted by Crippen LogP contribution is -1.86. The minimum Gasteiger partial charge on any atom is -0.453 e. The SMILES string of the molecule is CC(=O)c1ccc(-c2cccc(N)c2)o1. The van der Waals surface area contributed by atoms with Crippen molar-refractivity contribution in [3.63, 3.8) is 0 Å². The van der Waals surface area contributed by atoms with Crippen LogP contribution < -0.4 is 5.73 Å². The second-order valence-corrected chi connectivity index (χ2v) is 3.35. The predicted octanol–water partition coefficient (Wildman–Crippen LogP) is 2.73. The molecule has 3 heteroatoms. The van der Waals surface area contributed by atoms with Crippen LogP contribution in [0.2, 0.25) is 0 Å². The molecule has 15 heavy (non-hydrogen) atoms. The highest BCUT2D eigenvalue weighted by molar-refractivity contribution is 5.91. The number of anilines is 1. The van der Waals surface area contributed by atoms with Crippen molar-refractivity contribution < 1.29 is 9.21 Å². The van der Waals surface area contributed by atoms with Gasteiger partial charge in [0.25, 0.3) is 0 Å². The van der Waals surface area contributed by atoms with Gasteiger partial charge in [-0.1, -0.05) is 12.1 Å². The monoisotopic (exact) mass is 201 g/mol. The quantitative estimate of drug-likeness (QED) is 0.600. The average molecular weight is 201 g/mol. The summed E-state index contributed by atoms with van der Waals surface area (Å²) in [5, 5.41) is 0. The average Bonchev–Trinajstić information content (AvgIpc) is 2.66. The lowest BCUT2D eigenvalue weighted by molar-refractivity contribution is 0.0988. The van der Waals surface area contributed by atoms with E-state index in [0.717, 1.165) is 5.56 Å². The third-order valence-corrected chi connectivity index (χ3v) is 2.12. The van der Waals surface area contributed by atoms with Crippen LogP contribution in [0, 0.1) is 0 Å². The van der Waals surface area contributed by atoms with Gasteiger partial charge >= 0.3 is 0 Å². The van der Waals surface area contributed by atoms with Crippen LogP contribution in [0.5, 0.6) is 0 Å². The number of carbonyl (C=O) groups excluding carboxylic acids is 1. The van der Waals surface area contributed by atoms with E-state index in [9.17, 15) is 4.79 Å². The Kier molecular flexibility index (Phi) is 2.29. The van der Waals surface area contributed by atoms with Crippen molar-refractivity contribution in [2.75, 3.05) is 5.73 Å². The Balaban J connectivity index is 2.41. The fraction of sp³-hybridized carbons (Fsp3) is 0.0833. The van der Waals surface area contributed by atoms with Crippen LogP contribution >= 0.6 is 0 Å². The van der Waals surface area contributed by atoms with Crippen molar-refractivity contribution >= 4 is 11.5 Å². The van der Waals surface area contributed by atoms with Crippen LogP contribution in [-0.2, 0) is 0 Å². The van der Waals surface area contributed by atoms with E-state index in [1.807, 2.05) is 18.2 Å². The smallest absolute Gasteiger partial charge is 0.194 e. The van der Waals surface area contributed by atoms with Crippen molar-refractivity contribution in [3.8, 4) is 11.3 Å². The summed E-state index contributed by atoms with van der Waals surface area (Å²) in [5.41, 5.74) is 7.21. The molecule has 0 amide bonds. The molecule has 0 aliphatic heterocycles. The molecular formula is C12H11NO2. The number of ketones is 1. The molecule has 1 heterocycles. The van der Waals surface area contributed by atoms with E-state index in [0.29, 0.717) is 17.2 Å². The normalized spacial score (nSPS) is 10.2. The molecule has 1 aromatic heterocycles. The van der Waals surface area contributed by atoms with Gasteiger partial charge in [-0.2, -0.15) is 0 Å². The first-order chi connectivity index (χ1) is 7.16. The minimum absolute atomic E-state index is 0.0786. The van der Waals surface area contributed by atoms with Gasteiger partial charge < -0.3 is 10.2 Å². The topological polar surface area (TPSA) is 56.2 Å². The zero-order valence-electron chi connectivity index (χ0n) is 8.36. The molecule has 2 aromatic rings. The van der Waals surface area contributed by atoms with E-state index in [-0.39, 0.29) is 5.78 Å². The summed E-state index contributed by atoms with van der Waals surface area (Å²) in [6.07, 6.45) is 0. The van der Waals surface area contributed by atoms with Gasteiger partial charge in [0, 0.05) is 18.2 Å². The summed E-state index contributed by atoms with van der Waals surface area (Å²) >= 11 is 0. The van der Waals surface area contributed by atoms with Gasteiger partial charge in [0.2, 0.25) is 0 Å². The zero-order chi connectivity index (χ0) is 10.8. The van der Waals surface area contributed by atoms with Crippen molar-refractivity contribution in [1.82, 2.24) is 0 Å². The Morgan fingerprint density at radius 3 is 2.67 bits per heavy atom. The molecular weight excluding hydrogens is 190 g/mol. The highest BCUT2D eigenvalue weighted by Crippen LogP contribution is 2.23. The number of carbonyl (C=O) groups is 1. The first kappa shape index (κ1) is 9.52. The highest BCUT2D eigenvalue weighted by atomic mass is 16.3. The first-order valence-corrected chi connectivity index (χ1v) is 4.63. The molecule has 0 aliphatic rings. The predicted molar refractivity (Wildman–Crippen MR) is 58.6 cm³/mol. The van der Waals surface area contributed by atoms with Crippen molar-refractivity contribution in [1.29, 1.82) is 0 Å². The van der Waals surface area contributed by atoms with Gasteiger partial charge in [0.15, 0.2) is 11.5 Å². The molecule has 76 valence electrons. The maximum atomic E-state index is 11.0. The molecule has 2 rings (SSSR count). The molecule has 0 aliphatic carbocycles. The number of hydrogen-bond acceptors (Lipinski definition) is 3. The van der Waals surface area contributed by atoms with E-state index < -0.39 is 0 Å². The fourth-order valence-electron chi connectivity index (χ4n) is 1.37. The largest absolute Gasteiger partial charge is 0.453 e. The Labute approximate surface area is 87.5 Å². The Morgan fingerprint density at radius 1 is 1.27 bits per heavy atom. The molecule has 0 saturated heterocycles. The molecule has 0 radical (unpaired) electrons. The molecule has 1 aromatic carbocycles. The molecule has 0 saturated carbocycles. The number of nitrogen functional groups attached to an aromatic ring is 1.